The van der Waals surface area contributed by atoms with E-state index in [1.54, 1.807) is 12.1 Å². The molecule has 2 rings (SSSR count). The average Bonchev–Trinajstić information content (AvgIpc) is 2.39. The average molecular weight is 222 g/mol. The van der Waals surface area contributed by atoms with Crippen molar-refractivity contribution in [3.05, 3.63) is 35.4 Å². The van der Waals surface area contributed by atoms with Gasteiger partial charge in [-0.2, -0.15) is 0 Å². The molecule has 0 spiro atoms. The molecule has 0 saturated carbocycles. The van der Waals surface area contributed by atoms with Crippen LogP contribution in [0.15, 0.2) is 24.3 Å². The van der Waals surface area contributed by atoms with Gasteiger partial charge in [0.05, 0.1) is 25.9 Å². The van der Waals surface area contributed by atoms with Crippen LogP contribution in [0, 0.1) is 0 Å². The van der Waals surface area contributed by atoms with Gasteiger partial charge < -0.3 is 14.2 Å². The zero-order valence-corrected chi connectivity index (χ0v) is 9.14. The molecule has 1 aromatic carbocycles. The molecule has 4 nitrogen and oxygen atoms in total. The lowest BCUT2D eigenvalue weighted by Crippen LogP contribution is -2.17. The number of methoxy groups -OCH3 is 1. The monoisotopic (exact) mass is 222 g/mol. The predicted molar refractivity (Wildman–Crippen MR) is 57.0 cm³/mol. The maximum absolute atomic E-state index is 11.2. The molecule has 0 unspecified atom stereocenters. The Bertz CT molecular complexity index is 352. The zero-order valence-electron chi connectivity index (χ0n) is 9.14. The van der Waals surface area contributed by atoms with E-state index in [1.165, 1.54) is 7.11 Å². The normalized spacial score (nSPS) is 17.1. The maximum atomic E-state index is 11.2. The fourth-order valence-electron chi connectivity index (χ4n) is 1.57. The summed E-state index contributed by atoms with van der Waals surface area (Å²) in [5.74, 6) is -0.336. The van der Waals surface area contributed by atoms with Crippen LogP contribution in [0.4, 0.5) is 0 Å². The Morgan fingerprint density at radius 3 is 2.44 bits per heavy atom. The lowest BCUT2D eigenvalue weighted by molar-refractivity contribution is -0.183. The van der Waals surface area contributed by atoms with Crippen molar-refractivity contribution in [2.45, 2.75) is 12.7 Å². The number of benzene rings is 1. The smallest absolute Gasteiger partial charge is 0.337 e. The predicted octanol–water partition coefficient (Wildman–Crippen LogP) is 1.91. The van der Waals surface area contributed by atoms with Crippen LogP contribution >= 0.6 is 0 Å². The summed E-state index contributed by atoms with van der Waals surface area (Å²) in [6, 6.07) is 7.06. The number of esters is 1. The van der Waals surface area contributed by atoms with Crippen molar-refractivity contribution >= 4 is 5.97 Å². The van der Waals surface area contributed by atoms with E-state index in [0.717, 1.165) is 12.0 Å². The van der Waals surface area contributed by atoms with E-state index < -0.39 is 0 Å². The third-order valence-corrected chi connectivity index (χ3v) is 2.43. The number of carbonyl (C=O) groups excluding carboxylic acids is 1. The van der Waals surface area contributed by atoms with Gasteiger partial charge in [0.2, 0.25) is 0 Å². The zero-order chi connectivity index (χ0) is 11.4. The third-order valence-electron chi connectivity index (χ3n) is 2.43. The van der Waals surface area contributed by atoms with Crippen molar-refractivity contribution in [1.82, 2.24) is 0 Å². The van der Waals surface area contributed by atoms with E-state index >= 15 is 0 Å². The van der Waals surface area contributed by atoms with Crippen LogP contribution in [0.5, 0.6) is 0 Å². The van der Waals surface area contributed by atoms with E-state index in [1.807, 2.05) is 12.1 Å². The molecule has 0 bridgehead atoms. The second kappa shape index (κ2) is 5.09. The molecule has 86 valence electrons. The minimum atomic E-state index is -0.336. The highest BCUT2D eigenvalue weighted by molar-refractivity contribution is 5.89. The minimum Gasteiger partial charge on any atom is -0.465 e. The second-order valence-electron chi connectivity index (χ2n) is 3.54. The van der Waals surface area contributed by atoms with Crippen molar-refractivity contribution in [3.63, 3.8) is 0 Å². The molecule has 1 aliphatic heterocycles. The molecule has 1 aliphatic rings. The second-order valence-corrected chi connectivity index (χ2v) is 3.54. The minimum absolute atomic E-state index is 0.305. The topological polar surface area (TPSA) is 44.8 Å². The lowest BCUT2D eigenvalue weighted by Gasteiger charge is -2.23. The maximum Gasteiger partial charge on any atom is 0.337 e. The first-order valence-electron chi connectivity index (χ1n) is 5.23. The summed E-state index contributed by atoms with van der Waals surface area (Å²) in [7, 11) is 1.36. The van der Waals surface area contributed by atoms with Gasteiger partial charge in [-0.15, -0.1) is 0 Å². The van der Waals surface area contributed by atoms with Crippen LogP contribution in [0.3, 0.4) is 0 Å². The summed E-state index contributed by atoms with van der Waals surface area (Å²) < 4.78 is 15.5. The highest BCUT2D eigenvalue weighted by Crippen LogP contribution is 2.22. The Balaban J connectivity index is 2.09. The standard InChI is InChI=1S/C12H14O4/c1-14-11(13)9-3-5-10(6-4-9)12-15-7-2-8-16-12/h3-6,12H,2,7-8H2,1H3. The highest BCUT2D eigenvalue weighted by atomic mass is 16.7. The number of ether oxygens (including phenoxy) is 3. The summed E-state index contributed by atoms with van der Waals surface area (Å²) in [5, 5.41) is 0. The summed E-state index contributed by atoms with van der Waals surface area (Å²) >= 11 is 0. The first kappa shape index (κ1) is 11.1. The van der Waals surface area contributed by atoms with Crippen molar-refractivity contribution in [1.29, 1.82) is 0 Å². The van der Waals surface area contributed by atoms with Gasteiger partial charge in [0.1, 0.15) is 0 Å². The van der Waals surface area contributed by atoms with Gasteiger partial charge in [-0.1, -0.05) is 12.1 Å². The van der Waals surface area contributed by atoms with E-state index in [0.29, 0.717) is 18.8 Å². The quantitative estimate of drug-likeness (QED) is 0.717. The summed E-state index contributed by atoms with van der Waals surface area (Å²) in [4.78, 5) is 11.2. The summed E-state index contributed by atoms with van der Waals surface area (Å²) in [6.07, 6.45) is 0.622. The molecule has 0 amide bonds. The van der Waals surface area contributed by atoms with Gasteiger partial charge in [-0.05, 0) is 18.6 Å². The Kier molecular flexibility index (Phi) is 3.54. The number of carbonyl (C=O) groups is 1. The Labute approximate surface area is 94.1 Å². The SMILES string of the molecule is COC(=O)c1ccc(C2OCCCO2)cc1. The molecule has 4 heteroatoms. The number of hydrogen-bond donors (Lipinski definition) is 0. The lowest BCUT2D eigenvalue weighted by atomic mass is 10.1. The molecule has 0 aliphatic carbocycles. The first-order valence-corrected chi connectivity index (χ1v) is 5.23. The number of rotatable bonds is 2. The molecule has 1 aromatic rings. The van der Waals surface area contributed by atoms with Crippen LogP contribution in [0.25, 0.3) is 0 Å². The summed E-state index contributed by atoms with van der Waals surface area (Å²) in [5.41, 5.74) is 1.45. The third kappa shape index (κ3) is 2.40. The van der Waals surface area contributed by atoms with Crippen molar-refractivity contribution in [2.75, 3.05) is 20.3 Å². The molecule has 0 aromatic heterocycles. The molecular weight excluding hydrogens is 208 g/mol. The summed E-state index contributed by atoms with van der Waals surface area (Å²) in [6.45, 7) is 1.42. The Morgan fingerprint density at radius 1 is 1.25 bits per heavy atom. The molecule has 1 heterocycles. The van der Waals surface area contributed by atoms with Crippen LogP contribution < -0.4 is 0 Å². The molecule has 0 N–H and O–H groups in total. The van der Waals surface area contributed by atoms with Crippen molar-refractivity contribution in [2.24, 2.45) is 0 Å². The highest BCUT2D eigenvalue weighted by Gasteiger charge is 2.16. The first-order chi connectivity index (χ1) is 7.81. The van der Waals surface area contributed by atoms with E-state index in [2.05, 4.69) is 4.74 Å². The number of hydrogen-bond acceptors (Lipinski definition) is 4. The van der Waals surface area contributed by atoms with Gasteiger partial charge >= 0.3 is 5.97 Å². The van der Waals surface area contributed by atoms with Crippen molar-refractivity contribution < 1.29 is 19.0 Å². The molecular formula is C12H14O4. The van der Waals surface area contributed by atoms with E-state index in [9.17, 15) is 4.79 Å². The van der Waals surface area contributed by atoms with Crippen LogP contribution in [-0.4, -0.2) is 26.3 Å². The largest absolute Gasteiger partial charge is 0.465 e. The molecule has 0 atom stereocenters. The van der Waals surface area contributed by atoms with Gasteiger partial charge in [0.15, 0.2) is 6.29 Å². The van der Waals surface area contributed by atoms with Gasteiger partial charge in [-0.3, -0.25) is 0 Å². The van der Waals surface area contributed by atoms with Gasteiger partial charge in [0, 0.05) is 5.56 Å². The van der Waals surface area contributed by atoms with Crippen LogP contribution in [-0.2, 0) is 14.2 Å². The van der Waals surface area contributed by atoms with Crippen LogP contribution in [0.1, 0.15) is 28.6 Å². The van der Waals surface area contributed by atoms with E-state index in [-0.39, 0.29) is 12.3 Å². The van der Waals surface area contributed by atoms with Gasteiger partial charge in [0.25, 0.3) is 0 Å². The molecule has 16 heavy (non-hydrogen) atoms. The fourth-order valence-corrected chi connectivity index (χ4v) is 1.57. The molecule has 1 saturated heterocycles. The van der Waals surface area contributed by atoms with Crippen molar-refractivity contribution in [3.8, 4) is 0 Å². The molecule has 1 fully saturated rings. The van der Waals surface area contributed by atoms with Crippen LogP contribution in [0.2, 0.25) is 0 Å². The van der Waals surface area contributed by atoms with Gasteiger partial charge in [-0.25, -0.2) is 4.79 Å². The molecule has 0 radical (unpaired) electrons. The Morgan fingerprint density at radius 2 is 1.88 bits per heavy atom. The van der Waals surface area contributed by atoms with E-state index in [4.69, 9.17) is 9.47 Å². The Hall–Kier alpha value is -1.39. The fraction of sp³-hybridized carbons (Fsp3) is 0.417.